The molecule has 2 aromatic carbocycles. The molecule has 10 heteroatoms. The predicted molar refractivity (Wildman–Crippen MR) is 136 cm³/mol. The molecule has 1 aliphatic rings. The Morgan fingerprint density at radius 2 is 1.82 bits per heavy atom. The van der Waals surface area contributed by atoms with E-state index in [1.54, 1.807) is 46.8 Å². The number of halogens is 1. The maximum absolute atomic E-state index is 13.0. The largest absolute Gasteiger partial charge is 0.495 e. The summed E-state index contributed by atoms with van der Waals surface area (Å²) in [6, 6.07) is 11.7. The van der Waals surface area contributed by atoms with Gasteiger partial charge < -0.3 is 10.1 Å². The molecule has 4 rings (SSSR count). The van der Waals surface area contributed by atoms with E-state index in [2.05, 4.69) is 10.3 Å². The lowest BCUT2D eigenvalue weighted by atomic mass is 10.1. The molecular formula is C24H26ClN3O4S2. The SMILES string of the molecule is COc1ccc(C(=O)CNc2nc(-c3ccc(S(=O)(=O)N4CCCCCC4)cc3)cs2)cc1Cl. The number of hydrogen-bond acceptors (Lipinski definition) is 7. The molecule has 0 amide bonds. The van der Waals surface area contributed by atoms with Crippen molar-refractivity contribution in [2.45, 2.75) is 30.6 Å². The monoisotopic (exact) mass is 519 g/mol. The summed E-state index contributed by atoms with van der Waals surface area (Å²) in [4.78, 5) is 17.3. The van der Waals surface area contributed by atoms with Gasteiger partial charge in [0.05, 0.1) is 29.3 Å². The van der Waals surface area contributed by atoms with Crippen LogP contribution >= 0.6 is 22.9 Å². The van der Waals surface area contributed by atoms with Crippen LogP contribution in [0.15, 0.2) is 52.7 Å². The molecule has 0 aliphatic carbocycles. The van der Waals surface area contributed by atoms with E-state index in [4.69, 9.17) is 16.3 Å². The number of anilines is 1. The Morgan fingerprint density at radius 3 is 2.47 bits per heavy atom. The van der Waals surface area contributed by atoms with Crippen molar-refractivity contribution in [2.75, 3.05) is 32.1 Å². The number of ether oxygens (including phenoxy) is 1. The zero-order valence-electron chi connectivity index (χ0n) is 18.8. The highest BCUT2D eigenvalue weighted by Crippen LogP contribution is 2.28. The predicted octanol–water partition coefficient (Wildman–Crippen LogP) is 5.33. The van der Waals surface area contributed by atoms with E-state index < -0.39 is 10.0 Å². The summed E-state index contributed by atoms with van der Waals surface area (Å²) in [6.45, 7) is 1.22. The van der Waals surface area contributed by atoms with Crippen LogP contribution in [0.1, 0.15) is 36.0 Å². The average Bonchev–Trinajstić information content (AvgIpc) is 3.14. The molecular weight excluding hydrogens is 494 g/mol. The van der Waals surface area contributed by atoms with E-state index >= 15 is 0 Å². The number of carbonyl (C=O) groups excluding carboxylic acids is 1. The molecule has 34 heavy (non-hydrogen) atoms. The van der Waals surface area contributed by atoms with Gasteiger partial charge in [0.2, 0.25) is 10.0 Å². The van der Waals surface area contributed by atoms with E-state index in [9.17, 15) is 13.2 Å². The second-order valence-corrected chi connectivity index (χ2v) is 11.2. The molecule has 0 saturated carbocycles. The molecule has 0 atom stereocenters. The van der Waals surface area contributed by atoms with Crippen LogP contribution in [0.2, 0.25) is 5.02 Å². The molecule has 0 bridgehead atoms. The number of rotatable bonds is 8. The van der Waals surface area contributed by atoms with Crippen LogP contribution in [0.3, 0.4) is 0 Å². The lowest BCUT2D eigenvalue weighted by Gasteiger charge is -2.19. The molecule has 180 valence electrons. The lowest BCUT2D eigenvalue weighted by molar-refractivity contribution is 0.101. The number of thiazole rings is 1. The van der Waals surface area contributed by atoms with Crippen molar-refractivity contribution < 1.29 is 17.9 Å². The van der Waals surface area contributed by atoms with E-state index in [1.807, 2.05) is 5.38 Å². The van der Waals surface area contributed by atoms with Crippen molar-refractivity contribution in [3.63, 3.8) is 0 Å². The molecule has 7 nitrogen and oxygen atoms in total. The first-order valence-corrected chi connectivity index (χ1v) is 13.7. The first kappa shape index (κ1) is 24.7. The van der Waals surface area contributed by atoms with E-state index in [-0.39, 0.29) is 12.3 Å². The van der Waals surface area contributed by atoms with E-state index in [1.165, 1.54) is 18.4 Å². The Labute approximate surface area is 208 Å². The van der Waals surface area contributed by atoms with Gasteiger partial charge in [-0.25, -0.2) is 13.4 Å². The van der Waals surface area contributed by atoms with Gasteiger partial charge >= 0.3 is 0 Å². The fourth-order valence-corrected chi connectivity index (χ4v) is 6.31. The number of hydrogen-bond donors (Lipinski definition) is 1. The van der Waals surface area contributed by atoms with Crippen LogP contribution in [-0.2, 0) is 10.0 Å². The summed E-state index contributed by atoms with van der Waals surface area (Å²) in [7, 11) is -1.96. The van der Waals surface area contributed by atoms with Crippen molar-refractivity contribution in [1.29, 1.82) is 0 Å². The standard InChI is InChI=1S/C24H26ClN3O4S2/c1-32-23-11-8-18(14-20(23)25)22(29)15-26-24-27-21(16-33-24)17-6-9-19(10-7-17)34(30,31)28-12-4-2-3-5-13-28/h6-11,14,16H,2-5,12-13,15H2,1H3,(H,26,27). The van der Waals surface area contributed by atoms with Gasteiger partial charge in [-0.15, -0.1) is 11.3 Å². The van der Waals surface area contributed by atoms with Gasteiger partial charge in [0.25, 0.3) is 0 Å². The number of carbonyl (C=O) groups is 1. The molecule has 0 radical (unpaired) electrons. The number of sulfonamides is 1. The molecule has 0 unspecified atom stereocenters. The third kappa shape index (κ3) is 5.60. The highest BCUT2D eigenvalue weighted by molar-refractivity contribution is 7.89. The Hall–Kier alpha value is -2.46. The fraction of sp³-hybridized carbons (Fsp3) is 0.333. The lowest BCUT2D eigenvalue weighted by Crippen LogP contribution is -2.31. The summed E-state index contributed by atoms with van der Waals surface area (Å²) >= 11 is 7.48. The van der Waals surface area contributed by atoms with Crippen LogP contribution in [0.5, 0.6) is 5.75 Å². The molecule has 2 heterocycles. The molecule has 1 aliphatic heterocycles. The quantitative estimate of drug-likeness (QED) is 0.404. The summed E-state index contributed by atoms with van der Waals surface area (Å²) < 4.78 is 32.6. The van der Waals surface area contributed by atoms with Crippen LogP contribution < -0.4 is 10.1 Å². The Balaban J connectivity index is 1.40. The fourth-order valence-electron chi connectivity index (χ4n) is 3.81. The van der Waals surface area contributed by atoms with Gasteiger partial charge in [-0.3, -0.25) is 4.79 Å². The highest BCUT2D eigenvalue weighted by atomic mass is 35.5. The minimum Gasteiger partial charge on any atom is -0.495 e. The average molecular weight is 520 g/mol. The van der Waals surface area contributed by atoms with Gasteiger partial charge in [-0.05, 0) is 43.2 Å². The number of benzene rings is 2. The van der Waals surface area contributed by atoms with Crippen LogP contribution in [0.25, 0.3) is 11.3 Å². The summed E-state index contributed by atoms with van der Waals surface area (Å²) in [5.74, 6) is 0.394. The maximum Gasteiger partial charge on any atom is 0.243 e. The Bertz CT molecular complexity index is 1250. The number of aromatic nitrogens is 1. The Kier molecular flexibility index (Phi) is 7.88. The molecule has 1 aromatic heterocycles. The Morgan fingerprint density at radius 1 is 1.12 bits per heavy atom. The van der Waals surface area contributed by atoms with Gasteiger partial charge in [-0.1, -0.05) is 36.6 Å². The third-order valence-electron chi connectivity index (χ3n) is 5.73. The zero-order chi connectivity index (χ0) is 24.1. The molecule has 1 saturated heterocycles. The molecule has 1 N–H and O–H groups in total. The second-order valence-electron chi connectivity index (χ2n) is 8.01. The van der Waals surface area contributed by atoms with Crippen LogP contribution in [-0.4, -0.2) is 50.2 Å². The third-order valence-corrected chi connectivity index (χ3v) is 8.74. The number of nitrogens with zero attached hydrogens (tertiary/aromatic N) is 2. The van der Waals surface area contributed by atoms with Crippen molar-refractivity contribution in [3.8, 4) is 17.0 Å². The van der Waals surface area contributed by atoms with Crippen molar-refractivity contribution >= 4 is 43.9 Å². The molecule has 0 spiro atoms. The number of Topliss-reactive ketones (excluding diaryl/α,β-unsaturated/α-hetero) is 1. The summed E-state index contributed by atoms with van der Waals surface area (Å²) in [5, 5.41) is 5.90. The van der Waals surface area contributed by atoms with Crippen molar-refractivity contribution in [2.24, 2.45) is 0 Å². The maximum atomic E-state index is 13.0. The van der Waals surface area contributed by atoms with Crippen molar-refractivity contribution in [1.82, 2.24) is 9.29 Å². The minimum atomic E-state index is -3.48. The number of methoxy groups -OCH3 is 1. The van der Waals surface area contributed by atoms with Crippen LogP contribution in [0, 0.1) is 0 Å². The van der Waals surface area contributed by atoms with Crippen molar-refractivity contribution in [3.05, 3.63) is 58.4 Å². The number of nitrogens with one attached hydrogen (secondary N) is 1. The topological polar surface area (TPSA) is 88.6 Å². The van der Waals surface area contributed by atoms with E-state index in [0.29, 0.717) is 45.1 Å². The van der Waals surface area contributed by atoms with Crippen LogP contribution in [0.4, 0.5) is 5.13 Å². The normalized spacial score (nSPS) is 15.0. The first-order chi connectivity index (χ1) is 16.4. The summed E-state index contributed by atoms with van der Waals surface area (Å²) in [5.41, 5.74) is 2.01. The highest BCUT2D eigenvalue weighted by Gasteiger charge is 2.25. The van der Waals surface area contributed by atoms with Gasteiger partial charge in [0, 0.05) is 29.6 Å². The first-order valence-electron chi connectivity index (χ1n) is 11.1. The second kappa shape index (κ2) is 10.9. The molecule has 1 fully saturated rings. The van der Waals surface area contributed by atoms with Gasteiger partial charge in [-0.2, -0.15) is 4.31 Å². The number of ketones is 1. The minimum absolute atomic E-state index is 0.0721. The summed E-state index contributed by atoms with van der Waals surface area (Å²) in [6.07, 6.45) is 3.95. The van der Waals surface area contributed by atoms with E-state index in [0.717, 1.165) is 31.2 Å². The zero-order valence-corrected chi connectivity index (χ0v) is 21.2. The van der Waals surface area contributed by atoms with Gasteiger partial charge in [0.15, 0.2) is 10.9 Å². The van der Waals surface area contributed by atoms with Gasteiger partial charge in [0.1, 0.15) is 5.75 Å². The molecule has 3 aromatic rings. The smallest absolute Gasteiger partial charge is 0.243 e.